The van der Waals surface area contributed by atoms with Gasteiger partial charge in [-0.05, 0) is 18.6 Å². The molecule has 0 aliphatic rings. The fraction of sp³-hybridized carbons (Fsp3) is 0.300. The smallest absolute Gasteiger partial charge is 0.326 e. The van der Waals surface area contributed by atoms with Crippen LogP contribution >= 0.6 is 0 Å². The van der Waals surface area contributed by atoms with Crippen molar-refractivity contribution in [1.82, 2.24) is 0 Å². The Morgan fingerprint density at radius 1 is 1.46 bits per heavy atom. The fourth-order valence-corrected chi connectivity index (χ4v) is 1.07. The molecule has 0 unspecified atom stereocenters. The van der Waals surface area contributed by atoms with Gasteiger partial charge in [-0.3, -0.25) is 0 Å². The number of carbonyl (C=O) groups is 1. The third-order valence-corrected chi connectivity index (χ3v) is 1.82. The summed E-state index contributed by atoms with van der Waals surface area (Å²) >= 11 is 0. The summed E-state index contributed by atoms with van der Waals surface area (Å²) < 4.78 is 0. The molecule has 0 aliphatic carbocycles. The van der Waals surface area contributed by atoms with Crippen LogP contribution in [-0.2, 0) is 4.79 Å². The minimum absolute atomic E-state index is 0.498. The van der Waals surface area contributed by atoms with Crippen LogP contribution in [0, 0.1) is 0 Å². The van der Waals surface area contributed by atoms with Crippen molar-refractivity contribution in [2.75, 3.05) is 5.32 Å². The maximum atomic E-state index is 10.7. The van der Waals surface area contributed by atoms with Crippen molar-refractivity contribution >= 4 is 11.7 Å². The van der Waals surface area contributed by atoms with E-state index in [0.717, 1.165) is 5.69 Å². The van der Waals surface area contributed by atoms with Crippen molar-refractivity contribution in [2.45, 2.75) is 19.4 Å². The third-order valence-electron chi connectivity index (χ3n) is 1.82. The highest BCUT2D eigenvalue weighted by molar-refractivity contribution is 5.77. The molecule has 0 radical (unpaired) electrons. The molecule has 13 heavy (non-hydrogen) atoms. The van der Waals surface area contributed by atoms with E-state index in [2.05, 4.69) is 5.32 Å². The summed E-state index contributed by atoms with van der Waals surface area (Å²) in [5.41, 5.74) is 0.844. The zero-order chi connectivity index (χ0) is 9.68. The van der Waals surface area contributed by atoms with Gasteiger partial charge in [0.05, 0.1) is 0 Å². The quantitative estimate of drug-likeness (QED) is 0.742. The van der Waals surface area contributed by atoms with Crippen LogP contribution < -0.4 is 5.32 Å². The molecule has 70 valence electrons. The van der Waals surface area contributed by atoms with Crippen molar-refractivity contribution in [2.24, 2.45) is 0 Å². The molecule has 0 saturated heterocycles. The van der Waals surface area contributed by atoms with Crippen LogP contribution in [-0.4, -0.2) is 17.1 Å². The number of rotatable bonds is 4. The van der Waals surface area contributed by atoms with Crippen LogP contribution in [0.15, 0.2) is 30.3 Å². The number of benzene rings is 1. The van der Waals surface area contributed by atoms with Crippen LogP contribution in [0.3, 0.4) is 0 Å². The van der Waals surface area contributed by atoms with Gasteiger partial charge in [-0.15, -0.1) is 0 Å². The van der Waals surface area contributed by atoms with Crippen molar-refractivity contribution in [3.8, 4) is 0 Å². The standard InChI is InChI=1S/C10H13NO2/c1-2-9(10(12)13)11-8-6-4-3-5-7-8/h3-7,9,11H,2H2,1H3,(H,12,13)/t9-/m1/s1. The van der Waals surface area contributed by atoms with Gasteiger partial charge in [0, 0.05) is 5.69 Å². The first-order valence-electron chi connectivity index (χ1n) is 4.28. The molecule has 1 atom stereocenters. The fourth-order valence-electron chi connectivity index (χ4n) is 1.07. The van der Waals surface area contributed by atoms with E-state index in [9.17, 15) is 4.79 Å². The lowest BCUT2D eigenvalue weighted by Gasteiger charge is -2.12. The number of anilines is 1. The molecule has 1 aromatic rings. The number of nitrogens with one attached hydrogen (secondary N) is 1. The average Bonchev–Trinajstić information content (AvgIpc) is 2.15. The molecule has 0 spiro atoms. The van der Waals surface area contributed by atoms with Gasteiger partial charge in [0.15, 0.2) is 0 Å². The molecule has 0 bridgehead atoms. The molecule has 1 aromatic carbocycles. The van der Waals surface area contributed by atoms with Crippen LogP contribution in [0.4, 0.5) is 5.69 Å². The lowest BCUT2D eigenvalue weighted by molar-refractivity contribution is -0.137. The molecule has 2 N–H and O–H groups in total. The summed E-state index contributed by atoms with van der Waals surface area (Å²) in [4.78, 5) is 10.7. The van der Waals surface area contributed by atoms with Gasteiger partial charge in [-0.1, -0.05) is 25.1 Å². The zero-order valence-corrected chi connectivity index (χ0v) is 7.53. The van der Waals surface area contributed by atoms with Crippen LogP contribution in [0.1, 0.15) is 13.3 Å². The van der Waals surface area contributed by atoms with Crippen LogP contribution in [0.5, 0.6) is 0 Å². The Hall–Kier alpha value is -1.51. The van der Waals surface area contributed by atoms with E-state index in [1.165, 1.54) is 0 Å². The van der Waals surface area contributed by atoms with Crippen LogP contribution in [0.25, 0.3) is 0 Å². The second kappa shape index (κ2) is 4.50. The summed E-state index contributed by atoms with van der Waals surface area (Å²) in [7, 11) is 0. The second-order valence-corrected chi connectivity index (χ2v) is 2.81. The van der Waals surface area contributed by atoms with E-state index < -0.39 is 12.0 Å². The maximum absolute atomic E-state index is 10.7. The molecule has 0 fully saturated rings. The first kappa shape index (κ1) is 9.58. The Bertz CT molecular complexity index is 272. The molecule has 3 heteroatoms. The predicted octanol–water partition coefficient (Wildman–Crippen LogP) is 1.96. The average molecular weight is 179 g/mol. The minimum Gasteiger partial charge on any atom is -0.480 e. The molecule has 0 aliphatic heterocycles. The first-order valence-corrected chi connectivity index (χ1v) is 4.28. The highest BCUT2D eigenvalue weighted by Crippen LogP contribution is 2.08. The predicted molar refractivity (Wildman–Crippen MR) is 51.8 cm³/mol. The van der Waals surface area contributed by atoms with Gasteiger partial charge in [-0.2, -0.15) is 0 Å². The van der Waals surface area contributed by atoms with E-state index in [1.54, 1.807) is 0 Å². The van der Waals surface area contributed by atoms with Gasteiger partial charge < -0.3 is 10.4 Å². The van der Waals surface area contributed by atoms with Crippen molar-refractivity contribution in [3.63, 3.8) is 0 Å². The maximum Gasteiger partial charge on any atom is 0.326 e. The zero-order valence-electron chi connectivity index (χ0n) is 7.53. The van der Waals surface area contributed by atoms with Crippen molar-refractivity contribution in [1.29, 1.82) is 0 Å². The number of para-hydroxylation sites is 1. The normalized spacial score (nSPS) is 12.1. The van der Waals surface area contributed by atoms with E-state index in [4.69, 9.17) is 5.11 Å². The minimum atomic E-state index is -0.814. The summed E-state index contributed by atoms with van der Waals surface area (Å²) in [6.45, 7) is 1.84. The number of carboxylic acids is 1. The number of hydrogen-bond donors (Lipinski definition) is 2. The highest BCUT2D eigenvalue weighted by Gasteiger charge is 2.13. The van der Waals surface area contributed by atoms with Crippen molar-refractivity contribution in [3.05, 3.63) is 30.3 Å². The molecule has 3 nitrogen and oxygen atoms in total. The SMILES string of the molecule is CC[C@@H](Nc1ccccc1)C(=O)O. The molecule has 1 rings (SSSR count). The lowest BCUT2D eigenvalue weighted by atomic mass is 10.2. The molecule has 0 amide bonds. The Kier molecular flexibility index (Phi) is 3.31. The van der Waals surface area contributed by atoms with E-state index in [0.29, 0.717) is 6.42 Å². The van der Waals surface area contributed by atoms with Gasteiger partial charge in [0.1, 0.15) is 6.04 Å². The summed E-state index contributed by atoms with van der Waals surface area (Å²) in [6.07, 6.45) is 0.574. The first-order chi connectivity index (χ1) is 6.24. The lowest BCUT2D eigenvalue weighted by Crippen LogP contribution is -2.28. The van der Waals surface area contributed by atoms with E-state index in [-0.39, 0.29) is 0 Å². The van der Waals surface area contributed by atoms with Gasteiger partial charge in [0.25, 0.3) is 0 Å². The molecular weight excluding hydrogens is 166 g/mol. The van der Waals surface area contributed by atoms with Crippen molar-refractivity contribution < 1.29 is 9.90 Å². The molecule has 0 aromatic heterocycles. The second-order valence-electron chi connectivity index (χ2n) is 2.81. The number of aliphatic carboxylic acids is 1. The van der Waals surface area contributed by atoms with Crippen LogP contribution in [0.2, 0.25) is 0 Å². The molecule has 0 heterocycles. The van der Waals surface area contributed by atoms with E-state index in [1.807, 2.05) is 37.3 Å². The summed E-state index contributed by atoms with van der Waals surface area (Å²) in [5.74, 6) is -0.814. The number of carboxylic acid groups (broad SMARTS) is 1. The summed E-state index contributed by atoms with van der Waals surface area (Å²) in [6, 6.07) is 8.85. The Morgan fingerprint density at radius 2 is 2.08 bits per heavy atom. The van der Waals surface area contributed by atoms with Gasteiger partial charge >= 0.3 is 5.97 Å². The number of hydrogen-bond acceptors (Lipinski definition) is 2. The summed E-state index contributed by atoms with van der Waals surface area (Å²) in [5, 5.41) is 11.7. The Balaban J connectivity index is 2.62. The van der Waals surface area contributed by atoms with Gasteiger partial charge in [0.2, 0.25) is 0 Å². The topological polar surface area (TPSA) is 49.3 Å². The Labute approximate surface area is 77.4 Å². The largest absolute Gasteiger partial charge is 0.480 e. The molecule has 0 saturated carbocycles. The monoisotopic (exact) mass is 179 g/mol. The molecular formula is C10H13NO2. The van der Waals surface area contributed by atoms with E-state index >= 15 is 0 Å². The Morgan fingerprint density at radius 3 is 2.54 bits per heavy atom. The third kappa shape index (κ3) is 2.78. The van der Waals surface area contributed by atoms with Gasteiger partial charge in [-0.25, -0.2) is 4.79 Å². The highest BCUT2D eigenvalue weighted by atomic mass is 16.4.